The van der Waals surface area contributed by atoms with Crippen LogP contribution in [0.2, 0.25) is 10.0 Å². The van der Waals surface area contributed by atoms with E-state index in [9.17, 15) is 9.59 Å². The number of carbonyl (C=O) groups is 2. The second-order valence-corrected chi connectivity index (χ2v) is 6.22. The van der Waals surface area contributed by atoms with Crippen molar-refractivity contribution in [2.45, 2.75) is 0 Å². The van der Waals surface area contributed by atoms with Crippen LogP contribution in [0.3, 0.4) is 0 Å². The van der Waals surface area contributed by atoms with E-state index in [1.54, 1.807) is 42.5 Å². The van der Waals surface area contributed by atoms with Crippen molar-refractivity contribution in [3.8, 4) is 11.5 Å². The van der Waals surface area contributed by atoms with Crippen LogP contribution in [0, 0.1) is 0 Å². The number of carbonyl (C=O) groups excluding carboxylic acids is 2. The van der Waals surface area contributed by atoms with Gasteiger partial charge in [0.25, 0.3) is 11.8 Å². The van der Waals surface area contributed by atoms with E-state index >= 15 is 0 Å². The van der Waals surface area contributed by atoms with Gasteiger partial charge in [-0.3, -0.25) is 14.5 Å². The maximum Gasteiger partial charge on any atom is 0.277 e. The molecule has 134 valence electrons. The molecule has 2 N–H and O–H groups in total. The zero-order valence-electron chi connectivity index (χ0n) is 13.4. The number of anilines is 1. The Labute approximate surface area is 159 Å². The molecule has 0 bridgehead atoms. The predicted molar refractivity (Wildman–Crippen MR) is 98.5 cm³/mol. The lowest BCUT2D eigenvalue weighted by Crippen LogP contribution is -2.34. The molecule has 0 saturated carbocycles. The molecule has 1 heterocycles. The number of hydrogen-bond acceptors (Lipinski definition) is 5. The molecule has 8 heteroatoms. The van der Waals surface area contributed by atoms with Crippen LogP contribution in [0.5, 0.6) is 11.5 Å². The lowest BCUT2D eigenvalue weighted by molar-refractivity contribution is -0.137. The molecule has 2 aromatic rings. The Morgan fingerprint density at radius 2 is 1.85 bits per heavy atom. The number of nitrogens with zero attached hydrogens (tertiary/aromatic N) is 1. The Hall–Kier alpha value is -2.54. The first-order chi connectivity index (χ1) is 12.5. The third-order valence-corrected chi connectivity index (χ3v) is 4.13. The summed E-state index contributed by atoms with van der Waals surface area (Å²) in [4.78, 5) is 25.1. The molecule has 0 atom stereocenters. The van der Waals surface area contributed by atoms with Crippen molar-refractivity contribution in [1.82, 2.24) is 4.90 Å². The zero-order chi connectivity index (χ0) is 18.7. The summed E-state index contributed by atoms with van der Waals surface area (Å²) in [5.41, 5.74) is 0.582. The van der Waals surface area contributed by atoms with Gasteiger partial charge in [0.05, 0.1) is 23.9 Å². The fourth-order valence-corrected chi connectivity index (χ4v) is 2.84. The molecule has 6 nitrogen and oxygen atoms in total. The average Bonchev–Trinajstić information content (AvgIpc) is 2.87. The molecular weight excluding hydrogens is 379 g/mol. The van der Waals surface area contributed by atoms with Gasteiger partial charge in [0, 0.05) is 11.1 Å². The zero-order valence-corrected chi connectivity index (χ0v) is 14.9. The summed E-state index contributed by atoms with van der Waals surface area (Å²) in [5, 5.41) is 12.7. The van der Waals surface area contributed by atoms with Crippen molar-refractivity contribution in [3.63, 3.8) is 0 Å². The van der Waals surface area contributed by atoms with Crippen LogP contribution in [0.1, 0.15) is 0 Å². The first-order valence-electron chi connectivity index (χ1n) is 7.67. The first-order valence-corrected chi connectivity index (χ1v) is 8.42. The molecule has 0 unspecified atom stereocenters. The number of ether oxygens (including phenoxy) is 1. The van der Waals surface area contributed by atoms with Crippen molar-refractivity contribution in [3.05, 3.63) is 64.3 Å². The molecule has 2 amide bonds. The maximum absolute atomic E-state index is 12.3. The second kappa shape index (κ2) is 7.78. The van der Waals surface area contributed by atoms with Gasteiger partial charge >= 0.3 is 0 Å². The van der Waals surface area contributed by atoms with E-state index < -0.39 is 11.8 Å². The van der Waals surface area contributed by atoms with Gasteiger partial charge in [0.15, 0.2) is 5.75 Å². The van der Waals surface area contributed by atoms with E-state index in [0.29, 0.717) is 27.2 Å². The van der Waals surface area contributed by atoms with Gasteiger partial charge in [0.1, 0.15) is 11.4 Å². The van der Waals surface area contributed by atoms with Gasteiger partial charge in [-0.25, -0.2) is 0 Å². The smallest absolute Gasteiger partial charge is 0.277 e. The summed E-state index contributed by atoms with van der Waals surface area (Å²) in [5.74, 6) is -0.178. The lowest BCUT2D eigenvalue weighted by Gasteiger charge is -2.15. The highest BCUT2D eigenvalue weighted by Crippen LogP contribution is 2.35. The largest absolute Gasteiger partial charge is 0.454 e. The fourth-order valence-electron chi connectivity index (χ4n) is 2.39. The monoisotopic (exact) mass is 392 g/mol. The van der Waals surface area contributed by atoms with Crippen molar-refractivity contribution in [2.24, 2.45) is 0 Å². The van der Waals surface area contributed by atoms with Crippen molar-refractivity contribution in [1.29, 1.82) is 0 Å². The highest BCUT2D eigenvalue weighted by molar-refractivity contribution is 6.35. The minimum absolute atomic E-state index is 0.0577. The molecule has 1 aliphatic rings. The highest BCUT2D eigenvalue weighted by atomic mass is 35.5. The molecule has 2 aromatic carbocycles. The average molecular weight is 393 g/mol. The number of nitrogens with one attached hydrogen (secondary N) is 1. The Balaban J connectivity index is 1.83. The molecule has 0 spiro atoms. The van der Waals surface area contributed by atoms with Gasteiger partial charge in [-0.1, -0.05) is 35.3 Å². The van der Waals surface area contributed by atoms with Crippen LogP contribution >= 0.6 is 23.2 Å². The SMILES string of the molecule is O=C1C=C(Nc2ccccc2Oc2ccc(Cl)cc2Cl)C(=O)N1CCO. The van der Waals surface area contributed by atoms with E-state index in [-0.39, 0.29) is 18.8 Å². The summed E-state index contributed by atoms with van der Waals surface area (Å²) in [7, 11) is 0. The van der Waals surface area contributed by atoms with Crippen LogP contribution in [0.15, 0.2) is 54.2 Å². The Kier molecular flexibility index (Phi) is 5.46. The quantitative estimate of drug-likeness (QED) is 0.736. The normalized spacial score (nSPS) is 13.8. The molecule has 26 heavy (non-hydrogen) atoms. The molecule has 0 radical (unpaired) electrons. The van der Waals surface area contributed by atoms with Crippen LogP contribution < -0.4 is 10.1 Å². The number of aliphatic hydroxyl groups is 1. The van der Waals surface area contributed by atoms with Crippen LogP contribution in [-0.2, 0) is 9.59 Å². The van der Waals surface area contributed by atoms with Crippen molar-refractivity contribution >= 4 is 40.7 Å². The van der Waals surface area contributed by atoms with E-state index in [2.05, 4.69) is 5.32 Å². The second-order valence-electron chi connectivity index (χ2n) is 5.37. The van der Waals surface area contributed by atoms with E-state index in [1.807, 2.05) is 0 Å². The van der Waals surface area contributed by atoms with Gasteiger partial charge in [-0.2, -0.15) is 0 Å². The van der Waals surface area contributed by atoms with Gasteiger partial charge in [0.2, 0.25) is 0 Å². The number of hydrogen-bond donors (Lipinski definition) is 2. The predicted octanol–water partition coefficient (Wildman–Crippen LogP) is 3.44. The third-order valence-electron chi connectivity index (χ3n) is 3.60. The molecule has 1 aliphatic heterocycles. The molecular formula is C18H14Cl2N2O4. The van der Waals surface area contributed by atoms with E-state index in [4.69, 9.17) is 33.0 Å². The third kappa shape index (κ3) is 3.83. The molecule has 0 fully saturated rings. The summed E-state index contributed by atoms with van der Waals surface area (Å²) in [6.07, 6.45) is 1.18. The number of imide groups is 1. The first kappa shape index (κ1) is 18.3. The van der Waals surface area contributed by atoms with Gasteiger partial charge in [-0.05, 0) is 30.3 Å². The number of halogens is 2. The summed E-state index contributed by atoms with van der Waals surface area (Å²) < 4.78 is 5.81. The van der Waals surface area contributed by atoms with Crippen LogP contribution in [0.25, 0.3) is 0 Å². The van der Waals surface area contributed by atoms with Gasteiger partial charge < -0.3 is 15.2 Å². The Bertz CT molecular complexity index is 899. The van der Waals surface area contributed by atoms with Crippen molar-refractivity contribution in [2.75, 3.05) is 18.5 Å². The Morgan fingerprint density at radius 1 is 1.08 bits per heavy atom. The number of benzene rings is 2. The Morgan fingerprint density at radius 3 is 2.58 bits per heavy atom. The summed E-state index contributed by atoms with van der Waals surface area (Å²) in [6.45, 7) is -0.356. The van der Waals surface area contributed by atoms with Crippen LogP contribution in [0.4, 0.5) is 5.69 Å². The van der Waals surface area contributed by atoms with Crippen molar-refractivity contribution < 1.29 is 19.4 Å². The minimum atomic E-state index is -0.511. The fraction of sp³-hybridized carbons (Fsp3) is 0.111. The van der Waals surface area contributed by atoms with Gasteiger partial charge in [-0.15, -0.1) is 0 Å². The number of para-hydroxylation sites is 2. The number of β-amino-alcohol motifs (C(OH)–C–C–N with tert-alkyl or cyclic N) is 1. The van der Waals surface area contributed by atoms with E-state index in [1.165, 1.54) is 6.08 Å². The lowest BCUT2D eigenvalue weighted by atomic mass is 10.2. The summed E-state index contributed by atoms with van der Waals surface area (Å²) in [6, 6.07) is 11.8. The van der Waals surface area contributed by atoms with Crippen LogP contribution in [-0.4, -0.2) is 35.0 Å². The number of rotatable bonds is 6. The number of aliphatic hydroxyl groups excluding tert-OH is 1. The highest BCUT2D eigenvalue weighted by Gasteiger charge is 2.31. The summed E-state index contributed by atoms with van der Waals surface area (Å²) >= 11 is 12.0. The molecule has 3 rings (SSSR count). The molecule has 0 aromatic heterocycles. The standard InChI is InChI=1S/C18H14Cl2N2O4/c19-11-5-6-15(12(20)9-11)26-16-4-2-1-3-13(16)21-14-10-17(24)22(7-8-23)18(14)25/h1-6,9-10,21,23H,7-8H2. The maximum atomic E-state index is 12.3. The van der Waals surface area contributed by atoms with E-state index in [0.717, 1.165) is 4.90 Å². The molecule has 0 saturated heterocycles. The number of amides is 2. The molecule has 0 aliphatic carbocycles. The minimum Gasteiger partial charge on any atom is -0.454 e. The topological polar surface area (TPSA) is 78.9 Å².